The van der Waals surface area contributed by atoms with Gasteiger partial charge in [0, 0.05) is 22.8 Å². The third kappa shape index (κ3) is 5.14. The van der Waals surface area contributed by atoms with E-state index in [1.165, 1.54) is 0 Å². The molecule has 108 valence electrons. The molecule has 0 saturated carbocycles. The van der Waals surface area contributed by atoms with Gasteiger partial charge in [0.15, 0.2) is 0 Å². The van der Waals surface area contributed by atoms with Gasteiger partial charge in [0.05, 0.1) is 0 Å². The van der Waals surface area contributed by atoms with Crippen LogP contribution in [0.4, 0.5) is 4.79 Å². The molecular formula is C16H14Cl2N2O. The third-order valence-electron chi connectivity index (χ3n) is 2.75. The van der Waals surface area contributed by atoms with Gasteiger partial charge in [-0.3, -0.25) is 0 Å². The van der Waals surface area contributed by atoms with Crippen LogP contribution in [0.1, 0.15) is 11.1 Å². The van der Waals surface area contributed by atoms with Crippen molar-refractivity contribution >= 4 is 35.3 Å². The molecular weight excluding hydrogens is 307 g/mol. The molecule has 0 unspecified atom stereocenters. The van der Waals surface area contributed by atoms with E-state index < -0.39 is 0 Å². The first-order valence-corrected chi connectivity index (χ1v) is 7.10. The summed E-state index contributed by atoms with van der Waals surface area (Å²) < 4.78 is 0. The summed E-state index contributed by atoms with van der Waals surface area (Å²) in [5.74, 6) is 0. The molecule has 2 N–H and O–H groups in total. The molecule has 0 aliphatic heterocycles. The Labute approximate surface area is 133 Å². The molecule has 21 heavy (non-hydrogen) atoms. The fourth-order valence-corrected chi connectivity index (χ4v) is 1.98. The van der Waals surface area contributed by atoms with Crippen LogP contribution in [0, 0.1) is 0 Å². The quantitative estimate of drug-likeness (QED) is 0.857. The van der Waals surface area contributed by atoms with Gasteiger partial charge in [0.25, 0.3) is 0 Å². The van der Waals surface area contributed by atoms with Gasteiger partial charge in [0.2, 0.25) is 0 Å². The normalized spacial score (nSPS) is 10.6. The molecule has 0 heterocycles. The van der Waals surface area contributed by atoms with Gasteiger partial charge in [-0.25, -0.2) is 4.79 Å². The number of hydrogen-bond acceptors (Lipinski definition) is 1. The molecule has 0 aliphatic rings. The molecule has 5 heteroatoms. The second-order valence-electron chi connectivity index (χ2n) is 4.31. The van der Waals surface area contributed by atoms with E-state index in [0.717, 1.165) is 11.1 Å². The van der Waals surface area contributed by atoms with Crippen LogP contribution in [0.2, 0.25) is 10.0 Å². The summed E-state index contributed by atoms with van der Waals surface area (Å²) in [6, 6.07) is 14.4. The zero-order valence-corrected chi connectivity index (χ0v) is 12.7. The molecule has 2 aromatic carbocycles. The first-order valence-electron chi connectivity index (χ1n) is 6.35. The molecule has 0 aromatic heterocycles. The summed E-state index contributed by atoms with van der Waals surface area (Å²) in [5, 5.41) is 6.67. The second-order valence-corrected chi connectivity index (χ2v) is 5.15. The lowest BCUT2D eigenvalue weighted by atomic mass is 10.2. The third-order valence-corrected chi connectivity index (χ3v) is 3.35. The number of nitrogens with one attached hydrogen (secondary N) is 2. The van der Waals surface area contributed by atoms with Crippen molar-refractivity contribution in [3.63, 3.8) is 0 Å². The number of rotatable bonds is 4. The molecule has 2 rings (SSSR count). The highest BCUT2D eigenvalue weighted by atomic mass is 35.5. The van der Waals surface area contributed by atoms with E-state index in [9.17, 15) is 4.79 Å². The van der Waals surface area contributed by atoms with Gasteiger partial charge < -0.3 is 10.6 Å². The molecule has 3 nitrogen and oxygen atoms in total. The maximum atomic E-state index is 11.6. The van der Waals surface area contributed by atoms with E-state index >= 15 is 0 Å². The predicted molar refractivity (Wildman–Crippen MR) is 87.3 cm³/mol. The van der Waals surface area contributed by atoms with E-state index in [0.29, 0.717) is 16.6 Å². The number of halogens is 2. The molecule has 2 amide bonds. The van der Waals surface area contributed by atoms with Gasteiger partial charge in [0.1, 0.15) is 0 Å². The smallest absolute Gasteiger partial charge is 0.319 e. The lowest BCUT2D eigenvalue weighted by molar-refractivity contribution is 0.244. The van der Waals surface area contributed by atoms with Gasteiger partial charge >= 0.3 is 6.03 Å². The van der Waals surface area contributed by atoms with Crippen LogP contribution in [0.3, 0.4) is 0 Å². The maximum absolute atomic E-state index is 11.6. The Kier molecular flexibility index (Phi) is 5.67. The number of urea groups is 1. The lowest BCUT2D eigenvalue weighted by Crippen LogP contribution is -2.31. The maximum Gasteiger partial charge on any atom is 0.319 e. The van der Waals surface area contributed by atoms with Crippen LogP contribution >= 0.6 is 23.2 Å². The number of carbonyl (C=O) groups excluding carboxylic acids is 1. The fourth-order valence-electron chi connectivity index (χ4n) is 1.65. The van der Waals surface area contributed by atoms with Crippen molar-refractivity contribution in [2.75, 3.05) is 0 Å². The lowest BCUT2D eigenvalue weighted by Gasteiger charge is -2.05. The molecule has 0 saturated heterocycles. The Morgan fingerprint density at radius 3 is 2.48 bits per heavy atom. The summed E-state index contributed by atoms with van der Waals surface area (Å²) in [7, 11) is 0. The monoisotopic (exact) mass is 320 g/mol. The Balaban J connectivity index is 1.80. The summed E-state index contributed by atoms with van der Waals surface area (Å²) in [6.07, 6.45) is 3.29. The summed E-state index contributed by atoms with van der Waals surface area (Å²) in [4.78, 5) is 11.6. The molecule has 0 fully saturated rings. The number of carbonyl (C=O) groups is 1. The van der Waals surface area contributed by atoms with Crippen LogP contribution in [0.25, 0.3) is 6.08 Å². The van der Waals surface area contributed by atoms with Crippen molar-refractivity contribution in [1.29, 1.82) is 0 Å². The molecule has 0 spiro atoms. The molecule has 0 atom stereocenters. The highest BCUT2D eigenvalue weighted by Crippen LogP contribution is 2.15. The molecule has 0 aliphatic carbocycles. The SMILES string of the molecule is O=C(NC=Cc1ccccc1Cl)NCc1ccc(Cl)cc1. The van der Waals surface area contributed by atoms with E-state index in [2.05, 4.69) is 10.6 Å². The van der Waals surface area contributed by atoms with Crippen molar-refractivity contribution in [3.8, 4) is 0 Å². The zero-order valence-electron chi connectivity index (χ0n) is 11.1. The minimum absolute atomic E-state index is 0.284. The van der Waals surface area contributed by atoms with Gasteiger partial charge in [-0.1, -0.05) is 53.5 Å². The average Bonchev–Trinajstić information content (AvgIpc) is 2.49. The van der Waals surface area contributed by atoms with Gasteiger partial charge in [-0.05, 0) is 35.4 Å². The van der Waals surface area contributed by atoms with E-state index in [-0.39, 0.29) is 6.03 Å². The summed E-state index contributed by atoms with van der Waals surface area (Å²) >= 11 is 11.8. The molecule has 0 radical (unpaired) electrons. The Morgan fingerprint density at radius 2 is 1.76 bits per heavy atom. The van der Waals surface area contributed by atoms with E-state index in [1.54, 1.807) is 30.5 Å². The van der Waals surface area contributed by atoms with Crippen LogP contribution in [0.15, 0.2) is 54.7 Å². The standard InChI is InChI=1S/C16H14Cl2N2O/c17-14-7-5-12(6-8-14)11-20-16(21)19-10-9-13-3-1-2-4-15(13)18/h1-10H,11H2,(H2,19,20,21). The van der Waals surface area contributed by atoms with Crippen LogP contribution in [-0.4, -0.2) is 6.03 Å². The first-order chi connectivity index (χ1) is 10.1. The number of amides is 2. The van der Waals surface area contributed by atoms with Crippen molar-refractivity contribution in [2.45, 2.75) is 6.54 Å². The number of hydrogen-bond donors (Lipinski definition) is 2. The molecule has 2 aromatic rings. The Hall–Kier alpha value is -1.97. The minimum atomic E-state index is -0.284. The van der Waals surface area contributed by atoms with Crippen LogP contribution in [0.5, 0.6) is 0 Å². The Bertz CT molecular complexity index is 639. The summed E-state index contributed by atoms with van der Waals surface area (Å²) in [5.41, 5.74) is 1.82. The highest BCUT2D eigenvalue weighted by molar-refractivity contribution is 6.32. The predicted octanol–water partition coefficient (Wildman–Crippen LogP) is 4.46. The fraction of sp³-hybridized carbons (Fsp3) is 0.0625. The highest BCUT2D eigenvalue weighted by Gasteiger charge is 1.98. The van der Waals surface area contributed by atoms with Crippen LogP contribution < -0.4 is 10.6 Å². The second kappa shape index (κ2) is 7.72. The van der Waals surface area contributed by atoms with E-state index in [1.807, 2.05) is 30.3 Å². The van der Waals surface area contributed by atoms with Crippen molar-refractivity contribution in [2.24, 2.45) is 0 Å². The first kappa shape index (κ1) is 15.4. The number of benzene rings is 2. The largest absolute Gasteiger partial charge is 0.334 e. The van der Waals surface area contributed by atoms with Gasteiger partial charge in [-0.2, -0.15) is 0 Å². The van der Waals surface area contributed by atoms with Crippen LogP contribution in [-0.2, 0) is 6.54 Å². The minimum Gasteiger partial charge on any atom is -0.334 e. The summed E-state index contributed by atoms with van der Waals surface area (Å²) in [6.45, 7) is 0.433. The topological polar surface area (TPSA) is 41.1 Å². The van der Waals surface area contributed by atoms with Crippen molar-refractivity contribution in [1.82, 2.24) is 10.6 Å². The zero-order chi connectivity index (χ0) is 15.1. The molecule has 0 bridgehead atoms. The average molecular weight is 321 g/mol. The van der Waals surface area contributed by atoms with Gasteiger partial charge in [-0.15, -0.1) is 0 Å². The van der Waals surface area contributed by atoms with E-state index in [4.69, 9.17) is 23.2 Å². The van der Waals surface area contributed by atoms with Crippen molar-refractivity contribution in [3.05, 3.63) is 75.9 Å². The van der Waals surface area contributed by atoms with Crippen molar-refractivity contribution < 1.29 is 4.79 Å². The Morgan fingerprint density at radius 1 is 1.05 bits per heavy atom.